The fraction of sp³-hybridized carbons (Fsp3) is 0.571. The minimum absolute atomic E-state index is 0.0340. The molecule has 15 nitrogen and oxygen atoms in total. The first kappa shape index (κ1) is 33.3. The van der Waals surface area contributed by atoms with Gasteiger partial charge in [-0.05, 0) is 25.0 Å². The van der Waals surface area contributed by atoms with Crippen molar-refractivity contribution in [3.05, 3.63) is 36.9 Å². The van der Waals surface area contributed by atoms with Crippen LogP contribution in [0.3, 0.4) is 0 Å². The Bertz CT molecular complexity index is 1470. The van der Waals surface area contributed by atoms with Crippen LogP contribution in [0.15, 0.2) is 36.9 Å². The Labute approximate surface area is 256 Å². The number of carbonyl (C=O) groups is 1. The first-order chi connectivity index (χ1) is 21.2. The second-order valence-corrected chi connectivity index (χ2v) is 11.8. The van der Waals surface area contributed by atoms with Crippen LogP contribution in [0.5, 0.6) is 11.5 Å². The quantitative estimate of drug-likeness (QED) is 0.147. The smallest absolute Gasteiger partial charge is 0.362 e. The molecule has 3 heterocycles. The molecule has 0 bridgehead atoms. The van der Waals surface area contributed by atoms with E-state index >= 15 is 0 Å². The van der Waals surface area contributed by atoms with E-state index in [1.807, 2.05) is 29.0 Å². The summed E-state index contributed by atoms with van der Waals surface area (Å²) >= 11 is 0. The zero-order chi connectivity index (χ0) is 31.5. The lowest BCUT2D eigenvalue weighted by molar-refractivity contribution is -0.119. The average molecular weight is 637 g/mol. The largest absolute Gasteiger partial charge is 0.497 e. The molecule has 0 radical (unpaired) electrons. The number of rotatable bonds is 18. The highest BCUT2D eigenvalue weighted by molar-refractivity contribution is 7.85. The summed E-state index contributed by atoms with van der Waals surface area (Å²) in [6, 6.07) is 7.53. The first-order valence-corrected chi connectivity index (χ1v) is 16.0. The summed E-state index contributed by atoms with van der Waals surface area (Å²) in [6.45, 7) is 0.0224. The number of aliphatic hydroxyl groups excluding tert-OH is 2. The SMILES string of the molecule is COc1cccc(OCCCCCCCCCCC(=O)NS(=O)(=O)OC[C@H]2O[C@@H](n3cnc4c(N)ncnc43)[C@H](O)[C@@H]2O)c1. The van der Waals surface area contributed by atoms with Crippen molar-refractivity contribution in [1.82, 2.24) is 24.2 Å². The molecule has 0 unspecified atom stereocenters. The molecule has 1 saturated heterocycles. The molecule has 2 aromatic heterocycles. The number of imidazole rings is 1. The highest BCUT2D eigenvalue weighted by Gasteiger charge is 2.45. The van der Waals surface area contributed by atoms with Crippen LogP contribution in [0.25, 0.3) is 11.2 Å². The Morgan fingerprint density at radius 3 is 2.48 bits per heavy atom. The second-order valence-electron chi connectivity index (χ2n) is 10.5. The monoisotopic (exact) mass is 636 g/mol. The molecule has 5 N–H and O–H groups in total. The molecule has 0 spiro atoms. The number of methoxy groups -OCH3 is 1. The van der Waals surface area contributed by atoms with Crippen LogP contribution in [-0.4, -0.2) is 82.7 Å². The number of hydrogen-bond donors (Lipinski definition) is 4. The van der Waals surface area contributed by atoms with Gasteiger partial charge in [0.15, 0.2) is 17.7 Å². The molecule has 0 aliphatic carbocycles. The van der Waals surface area contributed by atoms with Crippen LogP contribution in [0, 0.1) is 0 Å². The number of hydrogen-bond acceptors (Lipinski definition) is 13. The van der Waals surface area contributed by atoms with Gasteiger partial charge < -0.3 is 30.2 Å². The number of amides is 1. The number of nitrogens with zero attached hydrogens (tertiary/aromatic N) is 4. The Morgan fingerprint density at radius 2 is 1.73 bits per heavy atom. The third-order valence-electron chi connectivity index (χ3n) is 7.23. The van der Waals surface area contributed by atoms with Crippen molar-refractivity contribution >= 4 is 33.2 Å². The summed E-state index contributed by atoms with van der Waals surface area (Å²) in [5.41, 5.74) is 6.33. The molecule has 242 valence electrons. The fourth-order valence-corrected chi connectivity index (χ4v) is 5.61. The van der Waals surface area contributed by atoms with Crippen LogP contribution >= 0.6 is 0 Å². The van der Waals surface area contributed by atoms with Gasteiger partial charge in [0, 0.05) is 12.5 Å². The van der Waals surface area contributed by atoms with Crippen molar-refractivity contribution in [3.63, 3.8) is 0 Å². The van der Waals surface area contributed by atoms with Crippen molar-refractivity contribution in [2.45, 2.75) is 82.3 Å². The summed E-state index contributed by atoms with van der Waals surface area (Å²) in [7, 11) is -2.83. The predicted octanol–water partition coefficient (Wildman–Crippen LogP) is 2.00. The van der Waals surface area contributed by atoms with Gasteiger partial charge in [-0.2, -0.15) is 8.42 Å². The molecule has 44 heavy (non-hydrogen) atoms. The van der Waals surface area contributed by atoms with Crippen molar-refractivity contribution in [2.75, 3.05) is 26.1 Å². The molecule has 1 fully saturated rings. The summed E-state index contributed by atoms with van der Waals surface area (Å²) in [6.07, 6.45) is 4.84. The van der Waals surface area contributed by atoms with Crippen LogP contribution in [0.1, 0.15) is 64.0 Å². The maximum atomic E-state index is 12.3. The number of carbonyl (C=O) groups excluding carboxylic acids is 1. The summed E-state index contributed by atoms with van der Waals surface area (Å²) in [4.78, 5) is 24.2. The molecule has 3 aromatic rings. The minimum atomic E-state index is -4.45. The van der Waals surface area contributed by atoms with Gasteiger partial charge in [0.2, 0.25) is 5.91 Å². The van der Waals surface area contributed by atoms with Gasteiger partial charge in [0.05, 0.1) is 26.7 Å². The molecule has 1 aromatic carbocycles. The van der Waals surface area contributed by atoms with Crippen molar-refractivity contribution in [3.8, 4) is 11.5 Å². The molecular formula is C28H40N6O9S. The number of nitrogens with two attached hydrogens (primary N) is 1. The number of ether oxygens (including phenoxy) is 3. The third-order valence-corrected chi connectivity index (χ3v) is 8.16. The lowest BCUT2D eigenvalue weighted by atomic mass is 10.1. The Morgan fingerprint density at radius 1 is 1.02 bits per heavy atom. The van der Waals surface area contributed by atoms with Gasteiger partial charge in [-0.15, -0.1) is 0 Å². The molecule has 4 atom stereocenters. The first-order valence-electron chi connectivity index (χ1n) is 14.6. The number of benzene rings is 1. The van der Waals surface area contributed by atoms with Crippen LogP contribution in [0.4, 0.5) is 5.82 Å². The average Bonchev–Trinajstić information content (AvgIpc) is 3.56. The van der Waals surface area contributed by atoms with Gasteiger partial charge in [0.25, 0.3) is 0 Å². The molecule has 4 rings (SSSR count). The highest BCUT2D eigenvalue weighted by Crippen LogP contribution is 2.32. The number of aliphatic hydroxyl groups is 2. The fourth-order valence-electron chi connectivity index (χ4n) is 4.86. The van der Waals surface area contributed by atoms with E-state index in [1.54, 1.807) is 7.11 Å². The number of nitrogen functional groups attached to an aromatic ring is 1. The van der Waals surface area contributed by atoms with Crippen LogP contribution in [0.2, 0.25) is 0 Å². The number of nitrogens with one attached hydrogen (secondary N) is 1. The summed E-state index contributed by atoms with van der Waals surface area (Å²) < 4.78 is 49.3. The predicted molar refractivity (Wildman–Crippen MR) is 159 cm³/mol. The number of unbranched alkanes of at least 4 members (excludes halogenated alkanes) is 7. The van der Waals surface area contributed by atoms with Gasteiger partial charge in [-0.25, -0.2) is 19.7 Å². The van der Waals surface area contributed by atoms with Crippen molar-refractivity contribution in [2.24, 2.45) is 0 Å². The van der Waals surface area contributed by atoms with Gasteiger partial charge in [0.1, 0.15) is 41.7 Å². The van der Waals surface area contributed by atoms with E-state index in [0.29, 0.717) is 13.0 Å². The second kappa shape index (κ2) is 15.9. The molecule has 1 aliphatic rings. The van der Waals surface area contributed by atoms with Gasteiger partial charge in [-0.1, -0.05) is 44.6 Å². The Kier molecular flexibility index (Phi) is 12.1. The van der Waals surface area contributed by atoms with Crippen molar-refractivity contribution in [1.29, 1.82) is 0 Å². The number of fused-ring (bicyclic) bond motifs is 1. The standard InChI is InChI=1S/C28H40N6O9S/c1-40-19-11-10-12-20(15-19)41-14-9-7-5-3-2-4-6-8-13-22(35)33-44(38,39)42-16-21-24(36)25(37)28(43-21)34-18-32-23-26(29)30-17-31-27(23)34/h10-12,15,17-18,21,24-25,28,36-37H,2-9,13-14,16H2,1H3,(H,33,35)(H2,29,30,31)/t21-,24-,25-,28-/m1/s1. The van der Waals surface area contributed by atoms with Crippen molar-refractivity contribution < 1.29 is 41.8 Å². The van der Waals surface area contributed by atoms with Gasteiger partial charge in [-0.3, -0.25) is 13.5 Å². The molecule has 1 amide bonds. The Balaban J connectivity index is 1.06. The molecule has 1 aliphatic heterocycles. The Hall–Kier alpha value is -3.57. The molecule has 0 saturated carbocycles. The lowest BCUT2D eigenvalue weighted by Gasteiger charge is -2.16. The molecule has 16 heteroatoms. The maximum absolute atomic E-state index is 12.3. The van der Waals surface area contributed by atoms with Crippen LogP contribution < -0.4 is 19.9 Å². The van der Waals surface area contributed by atoms with E-state index in [1.165, 1.54) is 17.2 Å². The number of anilines is 1. The third kappa shape index (κ3) is 9.22. The van der Waals surface area contributed by atoms with E-state index < -0.39 is 47.4 Å². The van der Waals surface area contributed by atoms with Gasteiger partial charge >= 0.3 is 10.3 Å². The summed E-state index contributed by atoms with van der Waals surface area (Å²) in [5.74, 6) is 1.01. The van der Waals surface area contributed by atoms with E-state index in [4.69, 9.17) is 24.1 Å². The molecular weight excluding hydrogens is 596 g/mol. The lowest BCUT2D eigenvalue weighted by Crippen LogP contribution is -2.37. The summed E-state index contributed by atoms with van der Waals surface area (Å²) in [5, 5.41) is 20.9. The topological polar surface area (TPSA) is 210 Å². The maximum Gasteiger partial charge on any atom is 0.362 e. The zero-order valence-electron chi connectivity index (χ0n) is 24.6. The zero-order valence-corrected chi connectivity index (χ0v) is 25.4. The van der Waals surface area contributed by atoms with E-state index in [0.717, 1.165) is 56.4 Å². The minimum Gasteiger partial charge on any atom is -0.497 e. The van der Waals surface area contributed by atoms with E-state index in [9.17, 15) is 23.4 Å². The number of aromatic nitrogens is 4. The van der Waals surface area contributed by atoms with E-state index in [-0.39, 0.29) is 23.4 Å². The normalized spacial score (nSPS) is 20.2. The van der Waals surface area contributed by atoms with Crippen LogP contribution in [-0.2, 0) is 24.0 Å². The van der Waals surface area contributed by atoms with E-state index in [2.05, 4.69) is 15.0 Å². The highest BCUT2D eigenvalue weighted by atomic mass is 32.2.